The average Bonchev–Trinajstić information content (AvgIpc) is 2.21. The van der Waals surface area contributed by atoms with Gasteiger partial charge < -0.3 is 4.90 Å². The Morgan fingerprint density at radius 3 is 2.43 bits per heavy atom. The summed E-state index contributed by atoms with van der Waals surface area (Å²) in [6.45, 7) is 5.04. The molecule has 14 heavy (non-hydrogen) atoms. The van der Waals surface area contributed by atoms with E-state index in [4.69, 9.17) is 0 Å². The van der Waals surface area contributed by atoms with Gasteiger partial charge in [0, 0.05) is 32.7 Å². The topological polar surface area (TPSA) is 18.5 Å². The van der Waals surface area contributed by atoms with E-state index in [2.05, 4.69) is 22.2 Å². The van der Waals surface area contributed by atoms with Gasteiger partial charge in [0.15, 0.2) is 0 Å². The molecule has 0 aromatic carbocycles. The molecule has 0 radical (unpaired) electrons. The summed E-state index contributed by atoms with van der Waals surface area (Å²) in [5.74, 6) is 0. The van der Waals surface area contributed by atoms with Gasteiger partial charge >= 0.3 is 0 Å². The lowest BCUT2D eigenvalue weighted by Crippen LogP contribution is -2.56. The minimum atomic E-state index is -0.626. The van der Waals surface area contributed by atoms with Gasteiger partial charge in [0.1, 0.15) is 6.17 Å². The second-order valence-corrected chi connectivity index (χ2v) is 4.44. The third-order valence-electron chi connectivity index (χ3n) is 3.31. The third-order valence-corrected chi connectivity index (χ3v) is 3.31. The summed E-state index contributed by atoms with van der Waals surface area (Å²) in [5.41, 5.74) is 0. The molecule has 2 saturated heterocycles. The number of hydrogen-bond donors (Lipinski definition) is 1. The Hall–Kier alpha value is -0.190. The van der Waals surface area contributed by atoms with Crippen molar-refractivity contribution in [2.24, 2.45) is 0 Å². The third kappa shape index (κ3) is 2.43. The molecule has 2 atom stereocenters. The predicted molar refractivity (Wildman–Crippen MR) is 55.0 cm³/mol. The van der Waals surface area contributed by atoms with Gasteiger partial charge in [-0.3, -0.25) is 10.2 Å². The number of halogens is 1. The van der Waals surface area contributed by atoms with Gasteiger partial charge in [-0.2, -0.15) is 0 Å². The minimum Gasteiger partial charge on any atom is -0.304 e. The van der Waals surface area contributed by atoms with Crippen LogP contribution in [0.5, 0.6) is 0 Å². The zero-order valence-corrected chi connectivity index (χ0v) is 8.88. The van der Waals surface area contributed by atoms with Crippen molar-refractivity contribution in [3.63, 3.8) is 0 Å². The lowest BCUT2D eigenvalue weighted by Gasteiger charge is -2.40. The first-order valence-corrected chi connectivity index (χ1v) is 5.56. The largest absolute Gasteiger partial charge is 0.304 e. The molecule has 2 aliphatic rings. The lowest BCUT2D eigenvalue weighted by molar-refractivity contribution is 0.0632. The molecule has 2 heterocycles. The van der Waals surface area contributed by atoms with E-state index in [1.54, 1.807) is 0 Å². The van der Waals surface area contributed by atoms with Crippen molar-refractivity contribution in [1.82, 2.24) is 15.1 Å². The van der Waals surface area contributed by atoms with Crippen LogP contribution < -0.4 is 5.32 Å². The van der Waals surface area contributed by atoms with Gasteiger partial charge in [-0.05, 0) is 19.9 Å². The van der Waals surface area contributed by atoms with E-state index in [1.807, 2.05) is 0 Å². The maximum atomic E-state index is 12.9. The first kappa shape index (κ1) is 10.3. The van der Waals surface area contributed by atoms with Gasteiger partial charge in [0.2, 0.25) is 0 Å². The van der Waals surface area contributed by atoms with Crippen molar-refractivity contribution in [1.29, 1.82) is 0 Å². The zero-order valence-electron chi connectivity index (χ0n) is 8.88. The zero-order chi connectivity index (χ0) is 9.97. The highest BCUT2D eigenvalue weighted by Gasteiger charge is 2.26. The fourth-order valence-electron chi connectivity index (χ4n) is 2.25. The van der Waals surface area contributed by atoms with Crippen molar-refractivity contribution in [2.75, 3.05) is 39.8 Å². The quantitative estimate of drug-likeness (QED) is 0.657. The number of hydrogen-bond acceptors (Lipinski definition) is 3. The predicted octanol–water partition coefficient (Wildman–Crippen LogP) is 0.281. The molecule has 0 aliphatic carbocycles. The highest BCUT2D eigenvalue weighted by atomic mass is 19.1. The molecular weight excluding hydrogens is 181 g/mol. The molecular formula is C10H20FN3. The summed E-state index contributed by atoms with van der Waals surface area (Å²) in [5, 5.41) is 3.29. The maximum absolute atomic E-state index is 12.9. The molecule has 2 fully saturated rings. The van der Waals surface area contributed by atoms with Crippen molar-refractivity contribution in [2.45, 2.75) is 25.2 Å². The van der Waals surface area contributed by atoms with Crippen LogP contribution in [0, 0.1) is 0 Å². The molecule has 4 heteroatoms. The Morgan fingerprint density at radius 1 is 1.14 bits per heavy atom. The highest BCUT2D eigenvalue weighted by molar-refractivity contribution is 4.81. The van der Waals surface area contributed by atoms with Crippen LogP contribution >= 0.6 is 0 Å². The molecule has 0 spiro atoms. The maximum Gasteiger partial charge on any atom is 0.113 e. The van der Waals surface area contributed by atoms with E-state index in [0.29, 0.717) is 12.7 Å². The molecule has 0 amide bonds. The van der Waals surface area contributed by atoms with E-state index in [1.165, 1.54) is 0 Å². The van der Waals surface area contributed by atoms with Crippen LogP contribution in [0.25, 0.3) is 0 Å². The van der Waals surface area contributed by atoms with Gasteiger partial charge in [0.05, 0.1) is 6.17 Å². The van der Waals surface area contributed by atoms with Crippen molar-refractivity contribution in [3.05, 3.63) is 0 Å². The normalized spacial score (nSPS) is 37.3. The number of nitrogens with one attached hydrogen (secondary N) is 1. The van der Waals surface area contributed by atoms with Crippen LogP contribution in [0.1, 0.15) is 12.8 Å². The molecule has 82 valence electrons. The molecule has 2 rings (SSSR count). The highest BCUT2D eigenvalue weighted by Crippen LogP contribution is 2.15. The Bertz CT molecular complexity index is 152. The van der Waals surface area contributed by atoms with E-state index in [0.717, 1.165) is 39.0 Å². The smallest absolute Gasteiger partial charge is 0.113 e. The summed E-state index contributed by atoms with van der Waals surface area (Å²) in [6.07, 6.45) is 1.49. The molecule has 0 saturated carbocycles. The number of nitrogens with zero attached hydrogens (tertiary/aromatic N) is 2. The summed E-state index contributed by atoms with van der Waals surface area (Å²) in [7, 11) is 2.16. The van der Waals surface area contributed by atoms with Crippen LogP contribution in [-0.2, 0) is 0 Å². The number of piperazine rings is 1. The Balaban J connectivity index is 1.78. The van der Waals surface area contributed by atoms with E-state index in [9.17, 15) is 4.39 Å². The second-order valence-electron chi connectivity index (χ2n) is 4.44. The van der Waals surface area contributed by atoms with Crippen molar-refractivity contribution >= 4 is 0 Å². The van der Waals surface area contributed by atoms with Gasteiger partial charge in [-0.15, -0.1) is 0 Å². The molecule has 0 bridgehead atoms. The first-order chi connectivity index (χ1) is 6.75. The summed E-state index contributed by atoms with van der Waals surface area (Å²) < 4.78 is 12.9. The molecule has 0 aromatic rings. The van der Waals surface area contributed by atoms with Crippen LogP contribution in [0.2, 0.25) is 0 Å². The summed E-state index contributed by atoms with van der Waals surface area (Å²) in [6, 6.07) is 0. The first-order valence-electron chi connectivity index (χ1n) is 5.56. The fourth-order valence-corrected chi connectivity index (χ4v) is 2.25. The number of alkyl halides is 1. The summed E-state index contributed by atoms with van der Waals surface area (Å²) >= 11 is 0. The Kier molecular flexibility index (Phi) is 3.36. The molecule has 2 aliphatic heterocycles. The van der Waals surface area contributed by atoms with E-state index < -0.39 is 6.17 Å². The van der Waals surface area contributed by atoms with Crippen molar-refractivity contribution < 1.29 is 4.39 Å². The average molecular weight is 201 g/mol. The Labute approximate surface area is 85.2 Å². The molecule has 0 aromatic heterocycles. The van der Waals surface area contributed by atoms with Gasteiger partial charge in [-0.25, -0.2) is 4.39 Å². The molecule has 3 nitrogen and oxygen atoms in total. The fraction of sp³-hybridized carbons (Fsp3) is 1.00. The van der Waals surface area contributed by atoms with Crippen LogP contribution in [-0.4, -0.2) is 61.9 Å². The number of piperidine rings is 1. The van der Waals surface area contributed by atoms with Crippen LogP contribution in [0.3, 0.4) is 0 Å². The Morgan fingerprint density at radius 2 is 1.86 bits per heavy atom. The second kappa shape index (κ2) is 4.55. The van der Waals surface area contributed by atoms with Crippen LogP contribution in [0.4, 0.5) is 4.39 Å². The monoisotopic (exact) mass is 201 g/mol. The minimum absolute atomic E-state index is 0.427. The number of likely N-dealkylation sites (N-methyl/N-ethyl adjacent to an activating group) is 1. The summed E-state index contributed by atoms with van der Waals surface area (Å²) in [4.78, 5) is 4.79. The molecule has 1 N–H and O–H groups in total. The standard InChI is InChI=1S/C10H20FN3/c1-13-4-6-14(7-5-13)10-3-2-9(11)8-12-10/h9-10,12H,2-8H2,1H3. The van der Waals surface area contributed by atoms with Gasteiger partial charge in [-0.1, -0.05) is 0 Å². The lowest BCUT2D eigenvalue weighted by atomic mass is 10.1. The SMILES string of the molecule is CN1CCN(C2CCC(F)CN2)CC1. The van der Waals surface area contributed by atoms with Crippen molar-refractivity contribution in [3.8, 4) is 0 Å². The number of rotatable bonds is 1. The molecule has 2 unspecified atom stereocenters. The van der Waals surface area contributed by atoms with E-state index in [-0.39, 0.29) is 0 Å². The van der Waals surface area contributed by atoms with E-state index >= 15 is 0 Å². The van der Waals surface area contributed by atoms with Crippen LogP contribution in [0.15, 0.2) is 0 Å². The van der Waals surface area contributed by atoms with Gasteiger partial charge in [0.25, 0.3) is 0 Å².